The Kier molecular flexibility index (Phi) is 8.01. The van der Waals surface area contributed by atoms with Gasteiger partial charge in [-0.2, -0.15) is 5.10 Å². The van der Waals surface area contributed by atoms with Gasteiger partial charge in [-0.25, -0.2) is 4.39 Å². The zero-order valence-electron chi connectivity index (χ0n) is 19.3. The number of halogens is 1. The minimum Gasteiger partial charge on any atom is -0.370 e. The molecule has 2 heterocycles. The van der Waals surface area contributed by atoms with Crippen molar-refractivity contribution in [2.75, 3.05) is 20.1 Å². The van der Waals surface area contributed by atoms with E-state index in [1.54, 1.807) is 6.07 Å². The zero-order valence-corrected chi connectivity index (χ0v) is 19.3. The molecule has 7 nitrogen and oxygen atoms in total. The van der Waals surface area contributed by atoms with Gasteiger partial charge in [-0.1, -0.05) is 18.2 Å². The lowest BCUT2D eigenvalue weighted by Crippen LogP contribution is -2.46. The van der Waals surface area contributed by atoms with Gasteiger partial charge in [-0.15, -0.1) is 0 Å². The van der Waals surface area contributed by atoms with E-state index in [1.165, 1.54) is 6.07 Å². The van der Waals surface area contributed by atoms with E-state index in [9.17, 15) is 14.0 Å². The van der Waals surface area contributed by atoms with Crippen molar-refractivity contribution in [3.63, 3.8) is 0 Å². The first kappa shape index (κ1) is 23.9. The van der Waals surface area contributed by atoms with Crippen LogP contribution in [0.1, 0.15) is 42.5 Å². The van der Waals surface area contributed by atoms with Crippen LogP contribution in [0.5, 0.6) is 0 Å². The topological polar surface area (TPSA) is 84.5 Å². The van der Waals surface area contributed by atoms with E-state index >= 15 is 0 Å². The van der Waals surface area contributed by atoms with Crippen molar-refractivity contribution >= 4 is 11.8 Å². The first-order chi connectivity index (χ1) is 15.2. The second kappa shape index (κ2) is 10.7. The normalized spacial score (nSPS) is 15.8. The maximum atomic E-state index is 14.5. The molecule has 2 amide bonds. The van der Waals surface area contributed by atoms with Gasteiger partial charge >= 0.3 is 0 Å². The molecule has 0 radical (unpaired) electrons. The molecule has 1 unspecified atom stereocenters. The number of aryl methyl sites for hydroxylation is 2. The number of carbonyl (C=O) groups is 2. The third kappa shape index (κ3) is 6.16. The monoisotopic (exact) mass is 443 g/mol. The molecule has 2 aromatic rings. The van der Waals surface area contributed by atoms with Gasteiger partial charge in [0.15, 0.2) is 0 Å². The lowest BCUT2D eigenvalue weighted by Gasteiger charge is -2.40. The highest BCUT2D eigenvalue weighted by molar-refractivity contribution is 5.82. The standard InChI is InChI=1S/C24H34FN5O2/c1-17-20(16-29(3)27-17)15-28(2)22(14-19-6-4-5-7-21(19)25)18-10-12-30(13-11-18)24(32)9-8-23(26)31/h4-7,16,18,22H,8-15H2,1-3H3,(H2,26,31). The largest absolute Gasteiger partial charge is 0.370 e. The Bertz CT molecular complexity index is 936. The number of rotatable bonds is 9. The van der Waals surface area contributed by atoms with Gasteiger partial charge < -0.3 is 10.6 Å². The van der Waals surface area contributed by atoms with E-state index in [2.05, 4.69) is 17.0 Å². The number of carbonyl (C=O) groups excluding carboxylic acids is 2. The molecule has 32 heavy (non-hydrogen) atoms. The average molecular weight is 444 g/mol. The van der Waals surface area contributed by atoms with E-state index in [-0.39, 0.29) is 30.6 Å². The second-order valence-electron chi connectivity index (χ2n) is 8.88. The molecule has 8 heteroatoms. The quantitative estimate of drug-likeness (QED) is 0.645. The molecule has 3 rings (SSSR count). The molecule has 1 atom stereocenters. The Morgan fingerprint density at radius 2 is 1.91 bits per heavy atom. The Labute approximate surface area is 189 Å². The third-order valence-corrected chi connectivity index (χ3v) is 6.51. The SMILES string of the molecule is Cc1nn(C)cc1CN(C)C(Cc1ccccc1F)C1CCN(C(=O)CCC(N)=O)CC1. The number of likely N-dealkylation sites (N-methyl/N-ethyl adjacent to an activating group) is 1. The maximum absolute atomic E-state index is 14.5. The summed E-state index contributed by atoms with van der Waals surface area (Å²) in [6, 6.07) is 7.09. The molecule has 1 saturated heterocycles. The molecule has 174 valence electrons. The van der Waals surface area contributed by atoms with Crippen LogP contribution >= 0.6 is 0 Å². The van der Waals surface area contributed by atoms with Crippen LogP contribution in [0.4, 0.5) is 4.39 Å². The molecule has 0 bridgehead atoms. The molecule has 0 saturated carbocycles. The summed E-state index contributed by atoms with van der Waals surface area (Å²) < 4.78 is 16.3. The van der Waals surface area contributed by atoms with E-state index in [1.807, 2.05) is 41.9 Å². The van der Waals surface area contributed by atoms with E-state index in [0.717, 1.165) is 30.6 Å². The summed E-state index contributed by atoms with van der Waals surface area (Å²) >= 11 is 0. The van der Waals surface area contributed by atoms with Crippen molar-refractivity contribution in [3.8, 4) is 0 Å². The summed E-state index contributed by atoms with van der Waals surface area (Å²) in [6.45, 7) is 4.04. The van der Waals surface area contributed by atoms with Gasteiger partial charge in [0.1, 0.15) is 5.82 Å². The molecule has 0 aliphatic carbocycles. The number of hydrogen-bond acceptors (Lipinski definition) is 4. The number of nitrogens with zero attached hydrogens (tertiary/aromatic N) is 4. The Morgan fingerprint density at radius 3 is 2.50 bits per heavy atom. The van der Waals surface area contributed by atoms with Crippen molar-refractivity contribution < 1.29 is 14.0 Å². The highest BCUT2D eigenvalue weighted by Gasteiger charge is 2.31. The molecular formula is C24H34FN5O2. The van der Waals surface area contributed by atoms with Crippen LogP contribution in [0.3, 0.4) is 0 Å². The molecule has 0 spiro atoms. The summed E-state index contributed by atoms with van der Waals surface area (Å²) in [6.07, 6.45) is 4.59. The number of primary amides is 1. The zero-order chi connectivity index (χ0) is 23.3. The van der Waals surface area contributed by atoms with Crippen LogP contribution in [0, 0.1) is 18.7 Å². The summed E-state index contributed by atoms with van der Waals surface area (Å²) in [5.41, 5.74) is 8.05. The Balaban J connectivity index is 1.71. The minimum absolute atomic E-state index is 0.0211. The van der Waals surface area contributed by atoms with E-state index in [4.69, 9.17) is 5.73 Å². The molecule has 1 fully saturated rings. The number of piperidine rings is 1. The van der Waals surface area contributed by atoms with E-state index in [0.29, 0.717) is 31.0 Å². The molecule has 2 N–H and O–H groups in total. The smallest absolute Gasteiger partial charge is 0.223 e. The summed E-state index contributed by atoms with van der Waals surface area (Å²) in [5, 5.41) is 4.45. The fraction of sp³-hybridized carbons (Fsp3) is 0.542. The van der Waals surface area contributed by atoms with Gasteiger partial charge in [0, 0.05) is 57.3 Å². The third-order valence-electron chi connectivity index (χ3n) is 6.51. The van der Waals surface area contributed by atoms with Gasteiger partial charge in [0.25, 0.3) is 0 Å². The fourth-order valence-corrected chi connectivity index (χ4v) is 4.68. The van der Waals surface area contributed by atoms with Crippen molar-refractivity contribution in [2.45, 2.75) is 51.6 Å². The predicted molar refractivity (Wildman–Crippen MR) is 121 cm³/mol. The van der Waals surface area contributed by atoms with Crippen molar-refractivity contribution in [3.05, 3.63) is 53.1 Å². The maximum Gasteiger partial charge on any atom is 0.223 e. The number of hydrogen-bond donors (Lipinski definition) is 1. The first-order valence-corrected chi connectivity index (χ1v) is 11.2. The molecule has 1 aromatic heterocycles. The lowest BCUT2D eigenvalue weighted by molar-refractivity contribution is -0.134. The van der Waals surface area contributed by atoms with Gasteiger partial charge in [-0.3, -0.25) is 19.2 Å². The Hall–Kier alpha value is -2.74. The highest BCUT2D eigenvalue weighted by atomic mass is 19.1. The van der Waals surface area contributed by atoms with Gasteiger partial charge in [0.05, 0.1) is 5.69 Å². The number of nitrogens with two attached hydrogens (primary N) is 1. The minimum atomic E-state index is -0.453. The predicted octanol–water partition coefficient (Wildman–Crippen LogP) is 2.41. The van der Waals surface area contributed by atoms with Crippen LogP contribution in [0.25, 0.3) is 0 Å². The molecular weight excluding hydrogens is 409 g/mol. The van der Waals surface area contributed by atoms with Crippen LogP contribution in [-0.4, -0.2) is 57.6 Å². The average Bonchev–Trinajstić information content (AvgIpc) is 3.08. The first-order valence-electron chi connectivity index (χ1n) is 11.2. The van der Waals surface area contributed by atoms with Crippen LogP contribution in [0.2, 0.25) is 0 Å². The highest BCUT2D eigenvalue weighted by Crippen LogP contribution is 2.28. The number of benzene rings is 1. The van der Waals surface area contributed by atoms with Crippen molar-refractivity contribution in [2.24, 2.45) is 18.7 Å². The summed E-state index contributed by atoms with van der Waals surface area (Å²) in [7, 11) is 4.00. The summed E-state index contributed by atoms with van der Waals surface area (Å²) in [4.78, 5) is 27.5. The van der Waals surface area contributed by atoms with E-state index < -0.39 is 5.91 Å². The van der Waals surface area contributed by atoms with Crippen molar-refractivity contribution in [1.29, 1.82) is 0 Å². The number of amides is 2. The van der Waals surface area contributed by atoms with Gasteiger partial charge in [0.2, 0.25) is 11.8 Å². The fourth-order valence-electron chi connectivity index (χ4n) is 4.68. The number of likely N-dealkylation sites (tertiary alicyclic amines) is 1. The molecule has 1 aromatic carbocycles. The van der Waals surface area contributed by atoms with Crippen LogP contribution < -0.4 is 5.73 Å². The van der Waals surface area contributed by atoms with Crippen LogP contribution in [-0.2, 0) is 29.6 Å². The Morgan fingerprint density at radius 1 is 1.22 bits per heavy atom. The lowest BCUT2D eigenvalue weighted by atomic mass is 9.84. The number of aromatic nitrogens is 2. The van der Waals surface area contributed by atoms with Gasteiger partial charge in [-0.05, 0) is 50.8 Å². The van der Waals surface area contributed by atoms with Crippen LogP contribution in [0.15, 0.2) is 30.5 Å². The van der Waals surface area contributed by atoms with Crippen molar-refractivity contribution in [1.82, 2.24) is 19.6 Å². The second-order valence-corrected chi connectivity index (χ2v) is 8.88. The molecule has 1 aliphatic rings. The summed E-state index contributed by atoms with van der Waals surface area (Å²) in [5.74, 6) is -0.322. The molecule has 1 aliphatic heterocycles.